The molecule has 0 aliphatic heterocycles. The van der Waals surface area contributed by atoms with Gasteiger partial charge in [0.1, 0.15) is 0 Å². The summed E-state index contributed by atoms with van der Waals surface area (Å²) in [7, 11) is 2.14. The molecule has 0 spiro atoms. The highest BCUT2D eigenvalue weighted by atomic mass is 32.1. The predicted octanol–water partition coefficient (Wildman–Crippen LogP) is 3.29. The quantitative estimate of drug-likeness (QED) is 0.918. The van der Waals surface area contributed by atoms with Crippen molar-refractivity contribution in [1.29, 1.82) is 0 Å². The lowest BCUT2D eigenvalue weighted by Crippen LogP contribution is -2.32. The summed E-state index contributed by atoms with van der Waals surface area (Å²) in [6.07, 6.45) is 1.05. The van der Waals surface area contributed by atoms with Gasteiger partial charge in [-0.2, -0.15) is 0 Å². The van der Waals surface area contributed by atoms with E-state index in [4.69, 9.17) is 5.73 Å². The maximum atomic E-state index is 5.91. The Morgan fingerprint density at radius 1 is 1.40 bits per heavy atom. The third-order valence-corrected chi connectivity index (χ3v) is 4.66. The highest BCUT2D eigenvalue weighted by Crippen LogP contribution is 2.25. The Bertz CT molecular complexity index is 563. The number of anilines is 1. The molecule has 108 valence electrons. The van der Waals surface area contributed by atoms with E-state index in [0.717, 1.165) is 23.4 Å². The summed E-state index contributed by atoms with van der Waals surface area (Å²) in [5, 5.41) is 2.13. The topological polar surface area (TPSA) is 42.1 Å². The van der Waals surface area contributed by atoms with Crippen molar-refractivity contribution in [2.24, 2.45) is 5.73 Å². The van der Waals surface area contributed by atoms with Crippen molar-refractivity contribution in [2.45, 2.75) is 39.8 Å². The van der Waals surface area contributed by atoms with E-state index in [2.05, 4.69) is 47.4 Å². The number of thiophene rings is 1. The summed E-state index contributed by atoms with van der Waals surface area (Å²) in [5.41, 5.74) is 10.4. The first kappa shape index (κ1) is 15.0. The first-order valence-electron chi connectivity index (χ1n) is 6.95. The van der Waals surface area contributed by atoms with Gasteiger partial charge in [-0.3, -0.25) is 4.98 Å². The number of nitrogens with two attached hydrogens (primary N) is 1. The molecule has 2 aromatic heterocycles. The summed E-state index contributed by atoms with van der Waals surface area (Å²) in [6, 6.07) is 6.88. The monoisotopic (exact) mass is 289 g/mol. The van der Waals surface area contributed by atoms with Crippen LogP contribution in [-0.4, -0.2) is 18.1 Å². The zero-order valence-corrected chi connectivity index (χ0v) is 13.5. The van der Waals surface area contributed by atoms with Crippen molar-refractivity contribution in [1.82, 2.24) is 4.98 Å². The first-order valence-corrected chi connectivity index (χ1v) is 7.83. The van der Waals surface area contributed by atoms with Crippen LogP contribution >= 0.6 is 11.3 Å². The van der Waals surface area contributed by atoms with Gasteiger partial charge in [0.2, 0.25) is 0 Å². The third-order valence-electron chi connectivity index (χ3n) is 3.76. The van der Waals surface area contributed by atoms with Gasteiger partial charge < -0.3 is 10.6 Å². The van der Waals surface area contributed by atoms with Gasteiger partial charge in [-0.1, -0.05) is 6.07 Å². The number of rotatable bonds is 5. The lowest BCUT2D eigenvalue weighted by atomic mass is 10.1. The molecule has 2 heterocycles. The molecular formula is C16H23N3S. The minimum atomic E-state index is 0.431. The van der Waals surface area contributed by atoms with Gasteiger partial charge >= 0.3 is 0 Å². The summed E-state index contributed by atoms with van der Waals surface area (Å²) in [4.78, 5) is 8.26. The van der Waals surface area contributed by atoms with Crippen molar-refractivity contribution in [2.75, 3.05) is 11.9 Å². The fraction of sp³-hybridized carbons (Fsp3) is 0.438. The first-order chi connectivity index (χ1) is 9.52. The van der Waals surface area contributed by atoms with Crippen molar-refractivity contribution in [3.63, 3.8) is 0 Å². The maximum Gasteiger partial charge on any atom is 0.0448 e. The Labute approximate surface area is 125 Å². The number of pyridine rings is 1. The number of nitrogens with zero attached hydrogens (tertiary/aromatic N) is 2. The molecule has 0 saturated heterocycles. The smallest absolute Gasteiger partial charge is 0.0448 e. The fourth-order valence-electron chi connectivity index (χ4n) is 2.50. The van der Waals surface area contributed by atoms with Gasteiger partial charge in [0, 0.05) is 53.6 Å². The SMILES string of the molecule is Cc1cc(N(C)C(C)Cc2cccs2)c(CN)c(C)n1. The number of hydrogen-bond acceptors (Lipinski definition) is 4. The maximum absolute atomic E-state index is 5.91. The molecule has 0 aliphatic carbocycles. The minimum absolute atomic E-state index is 0.431. The van der Waals surface area contributed by atoms with Crippen LogP contribution in [-0.2, 0) is 13.0 Å². The standard InChI is InChI=1S/C16H23N3S/c1-11-8-16(15(10-17)13(3)18-11)19(4)12(2)9-14-6-5-7-20-14/h5-8,12H,9-10,17H2,1-4H3. The van der Waals surface area contributed by atoms with Gasteiger partial charge in [0.15, 0.2) is 0 Å². The molecular weight excluding hydrogens is 266 g/mol. The van der Waals surface area contributed by atoms with E-state index in [9.17, 15) is 0 Å². The van der Waals surface area contributed by atoms with Gasteiger partial charge in [-0.15, -0.1) is 11.3 Å². The molecule has 1 unspecified atom stereocenters. The normalized spacial score (nSPS) is 12.4. The number of hydrogen-bond donors (Lipinski definition) is 1. The average molecular weight is 289 g/mol. The van der Waals surface area contributed by atoms with Crippen molar-refractivity contribution >= 4 is 17.0 Å². The third kappa shape index (κ3) is 3.19. The van der Waals surface area contributed by atoms with E-state index in [1.807, 2.05) is 25.2 Å². The van der Waals surface area contributed by atoms with Crippen molar-refractivity contribution < 1.29 is 0 Å². The molecule has 2 N–H and O–H groups in total. The fourth-order valence-corrected chi connectivity index (χ4v) is 3.32. The zero-order valence-electron chi connectivity index (χ0n) is 12.7. The molecule has 4 heteroatoms. The van der Waals surface area contributed by atoms with Crippen LogP contribution in [0, 0.1) is 13.8 Å². The van der Waals surface area contributed by atoms with E-state index in [1.54, 1.807) is 0 Å². The lowest BCUT2D eigenvalue weighted by molar-refractivity contribution is 0.683. The zero-order chi connectivity index (χ0) is 14.7. The van der Waals surface area contributed by atoms with Crippen LogP contribution in [0.3, 0.4) is 0 Å². The molecule has 0 aromatic carbocycles. The molecule has 1 atom stereocenters. The van der Waals surface area contributed by atoms with E-state index in [0.29, 0.717) is 12.6 Å². The highest BCUT2D eigenvalue weighted by molar-refractivity contribution is 7.09. The highest BCUT2D eigenvalue weighted by Gasteiger charge is 2.16. The van der Waals surface area contributed by atoms with E-state index in [-0.39, 0.29) is 0 Å². The lowest BCUT2D eigenvalue weighted by Gasteiger charge is -2.29. The largest absolute Gasteiger partial charge is 0.371 e. The second-order valence-electron chi connectivity index (χ2n) is 5.29. The molecule has 0 radical (unpaired) electrons. The van der Waals surface area contributed by atoms with Gasteiger partial charge in [-0.05, 0) is 38.3 Å². The number of likely N-dealkylation sites (N-methyl/N-ethyl adjacent to an activating group) is 1. The number of aromatic nitrogens is 1. The van der Waals surface area contributed by atoms with Crippen LogP contribution in [0.25, 0.3) is 0 Å². The Morgan fingerprint density at radius 3 is 2.75 bits per heavy atom. The van der Waals surface area contributed by atoms with Crippen LogP contribution in [0.1, 0.15) is 28.8 Å². The molecule has 0 amide bonds. The second-order valence-corrected chi connectivity index (χ2v) is 6.33. The molecule has 3 nitrogen and oxygen atoms in total. The Balaban J connectivity index is 2.25. The molecule has 2 rings (SSSR count). The predicted molar refractivity (Wildman–Crippen MR) is 87.5 cm³/mol. The summed E-state index contributed by atoms with van der Waals surface area (Å²) in [6.45, 7) is 6.86. The van der Waals surface area contributed by atoms with Gasteiger partial charge in [0.25, 0.3) is 0 Å². The Morgan fingerprint density at radius 2 is 2.15 bits per heavy atom. The Kier molecular flexibility index (Phi) is 4.78. The summed E-state index contributed by atoms with van der Waals surface area (Å²) >= 11 is 1.82. The molecule has 2 aromatic rings. The summed E-state index contributed by atoms with van der Waals surface area (Å²) in [5.74, 6) is 0. The van der Waals surface area contributed by atoms with Gasteiger partial charge in [-0.25, -0.2) is 0 Å². The van der Waals surface area contributed by atoms with E-state index in [1.165, 1.54) is 10.6 Å². The van der Waals surface area contributed by atoms with Crippen LogP contribution in [0.4, 0.5) is 5.69 Å². The van der Waals surface area contributed by atoms with Gasteiger partial charge in [0.05, 0.1) is 0 Å². The summed E-state index contributed by atoms with van der Waals surface area (Å²) < 4.78 is 0. The average Bonchev–Trinajstić information content (AvgIpc) is 2.89. The molecule has 0 bridgehead atoms. The van der Waals surface area contributed by atoms with E-state index < -0.39 is 0 Å². The van der Waals surface area contributed by atoms with Crippen molar-refractivity contribution in [3.05, 3.63) is 45.4 Å². The molecule has 0 fully saturated rings. The molecule has 20 heavy (non-hydrogen) atoms. The van der Waals surface area contributed by atoms with Crippen LogP contribution < -0.4 is 10.6 Å². The second kappa shape index (κ2) is 6.37. The minimum Gasteiger partial charge on any atom is -0.371 e. The number of aryl methyl sites for hydroxylation is 2. The van der Waals surface area contributed by atoms with Crippen molar-refractivity contribution in [3.8, 4) is 0 Å². The van der Waals surface area contributed by atoms with E-state index >= 15 is 0 Å². The Hall–Kier alpha value is -1.39. The molecule has 0 saturated carbocycles. The van der Waals surface area contributed by atoms with Crippen LogP contribution in [0.5, 0.6) is 0 Å². The molecule has 0 aliphatic rings. The van der Waals surface area contributed by atoms with Crippen LogP contribution in [0.15, 0.2) is 23.6 Å². The van der Waals surface area contributed by atoms with Crippen LogP contribution in [0.2, 0.25) is 0 Å².